The predicted molar refractivity (Wildman–Crippen MR) is 282 cm³/mol. The fourth-order valence-corrected chi connectivity index (χ4v) is 9.22. The third-order valence-corrected chi connectivity index (χ3v) is 13.4. The average molecular weight is 912 g/mol. The second-order valence-electron chi connectivity index (χ2n) is 19.5. The van der Waals surface area contributed by atoms with Crippen molar-refractivity contribution in [2.75, 3.05) is 0 Å². The molecule has 2 nitrogen and oxygen atoms in total. The van der Waals surface area contributed by atoms with Gasteiger partial charge in [-0.15, -0.1) is 0 Å². The van der Waals surface area contributed by atoms with Gasteiger partial charge in [-0.1, -0.05) is 270 Å². The molecule has 0 bridgehead atoms. The molecule has 0 radical (unpaired) electrons. The fourth-order valence-electron chi connectivity index (χ4n) is 9.22. The number of aryl methyl sites for hydroxylation is 2. The van der Waals surface area contributed by atoms with E-state index in [0.29, 0.717) is 0 Å². The number of hydrogen-bond acceptors (Lipinski definition) is 2. The Bertz CT molecular complexity index is 1330. The number of rotatable bonds is 45. The molecule has 0 heterocycles. The molecule has 0 aliphatic rings. The van der Waals surface area contributed by atoms with Gasteiger partial charge in [0.05, 0.1) is 22.8 Å². The first-order valence-corrected chi connectivity index (χ1v) is 28.0. The van der Waals surface area contributed by atoms with Crippen molar-refractivity contribution in [2.45, 2.75) is 297 Å². The summed E-state index contributed by atoms with van der Waals surface area (Å²) in [4.78, 5) is 10.9. The van der Waals surface area contributed by atoms with Crippen LogP contribution in [0.4, 0.5) is 11.4 Å². The van der Waals surface area contributed by atoms with Crippen molar-refractivity contribution in [3.8, 4) is 0 Å². The van der Waals surface area contributed by atoms with Crippen LogP contribution >= 0.6 is 0 Å². The van der Waals surface area contributed by atoms with Crippen LogP contribution < -0.4 is 0 Å². The molecule has 0 aromatic heterocycles. The second-order valence-corrected chi connectivity index (χ2v) is 19.5. The molecule has 2 rings (SSSR count). The van der Waals surface area contributed by atoms with E-state index < -0.39 is 0 Å². The van der Waals surface area contributed by atoms with Crippen molar-refractivity contribution >= 4 is 22.8 Å². The molecular formula is C60H104N2Ni. The van der Waals surface area contributed by atoms with Crippen molar-refractivity contribution in [1.29, 1.82) is 0 Å². The Morgan fingerprint density at radius 1 is 0.302 bits per heavy atom. The Morgan fingerprint density at radius 3 is 0.857 bits per heavy atom. The molecule has 0 fully saturated rings. The van der Waals surface area contributed by atoms with E-state index in [9.17, 15) is 0 Å². The molecule has 63 heavy (non-hydrogen) atoms. The molecule has 0 saturated heterocycles. The van der Waals surface area contributed by atoms with E-state index >= 15 is 0 Å². The maximum Gasteiger partial charge on any atom is 0.0636 e. The van der Waals surface area contributed by atoms with Gasteiger partial charge in [-0.3, -0.25) is 9.98 Å². The van der Waals surface area contributed by atoms with Gasteiger partial charge in [0.25, 0.3) is 0 Å². The number of unbranched alkanes of at least 4 members (excludes halogenated alkanes) is 34. The summed E-state index contributed by atoms with van der Waals surface area (Å²) in [5.41, 5.74) is 7.57. The van der Waals surface area contributed by atoms with Crippen LogP contribution in [0.25, 0.3) is 0 Å². The third-order valence-electron chi connectivity index (χ3n) is 13.4. The van der Waals surface area contributed by atoms with E-state index in [1.54, 1.807) is 0 Å². The Morgan fingerprint density at radius 2 is 0.556 bits per heavy atom. The van der Waals surface area contributed by atoms with Gasteiger partial charge in [0.2, 0.25) is 0 Å². The van der Waals surface area contributed by atoms with Gasteiger partial charge in [0.15, 0.2) is 0 Å². The molecule has 2 aromatic carbocycles. The zero-order valence-electron chi connectivity index (χ0n) is 42.5. The molecule has 364 valence electrons. The number of hydrogen-bond donors (Lipinski definition) is 0. The van der Waals surface area contributed by atoms with E-state index in [1.807, 2.05) is 0 Å². The maximum absolute atomic E-state index is 5.45. The van der Waals surface area contributed by atoms with Crippen molar-refractivity contribution in [3.63, 3.8) is 0 Å². The Hall–Kier alpha value is -1.73. The van der Waals surface area contributed by atoms with E-state index in [1.165, 1.54) is 260 Å². The number of aliphatic imine (C=N–C) groups is 2. The van der Waals surface area contributed by atoms with Crippen LogP contribution in [0.2, 0.25) is 0 Å². The molecule has 0 spiro atoms. The van der Waals surface area contributed by atoms with Gasteiger partial charge >= 0.3 is 0 Å². The van der Waals surface area contributed by atoms with Gasteiger partial charge in [-0.25, -0.2) is 0 Å². The topological polar surface area (TPSA) is 24.7 Å². The van der Waals surface area contributed by atoms with Crippen LogP contribution in [0.3, 0.4) is 0 Å². The monoisotopic (exact) mass is 911 g/mol. The Balaban J connectivity index is 0.0000198. The van der Waals surface area contributed by atoms with E-state index in [2.05, 4.69) is 76.2 Å². The van der Waals surface area contributed by atoms with E-state index in [4.69, 9.17) is 9.98 Å². The van der Waals surface area contributed by atoms with Crippen molar-refractivity contribution in [1.82, 2.24) is 0 Å². The van der Waals surface area contributed by atoms with Crippen molar-refractivity contribution in [3.05, 3.63) is 59.7 Å². The molecule has 0 aliphatic carbocycles. The third kappa shape index (κ3) is 35.2. The minimum Gasteiger partial charge on any atom is -0.252 e. The summed E-state index contributed by atoms with van der Waals surface area (Å²) in [6.45, 7) is 9.23. The summed E-state index contributed by atoms with van der Waals surface area (Å²) in [7, 11) is 0. The molecule has 0 amide bonds. The number of nitrogens with zero attached hydrogens (tertiary/aromatic N) is 2. The zero-order valence-corrected chi connectivity index (χ0v) is 43.5. The van der Waals surface area contributed by atoms with Crippen LogP contribution in [0, 0.1) is 0 Å². The standard InChI is InChI=1S/C60H104N2.Ni/c1-5-9-13-16-19-21-23-25-27-29-31-33-35-37-40-45-55-47-43-49-57(53-55)61-59(51-12-8-4)60(52-42-39-18-15-11-7-3)62-58-50-44-48-56(54-58)46-41-38-36-34-32-30-28-26-24-22-20-17-14-10-6-2;/h43-44,47-50,53-54H,5-42,45-46,51-52H2,1-4H3;. The summed E-state index contributed by atoms with van der Waals surface area (Å²) in [5.74, 6) is 0. The SMILES string of the molecule is CCCCCCCCCCCCCCCCCc1cccc(N=C(CCCC)C(CCCCCCCC)=Nc2cccc(CCCCCCCCCCCCCCCCC)c2)c1.[Ni]. The van der Waals surface area contributed by atoms with Crippen LogP contribution in [0.15, 0.2) is 58.5 Å². The Kier molecular flexibility index (Phi) is 42.8. The van der Waals surface area contributed by atoms with Gasteiger partial charge in [-0.05, 0) is 86.8 Å². The molecule has 3 heteroatoms. The minimum atomic E-state index is 0. The smallest absolute Gasteiger partial charge is 0.0636 e. The number of benzene rings is 2. The van der Waals surface area contributed by atoms with Gasteiger partial charge in [-0.2, -0.15) is 0 Å². The van der Waals surface area contributed by atoms with Crippen molar-refractivity contribution < 1.29 is 16.5 Å². The van der Waals surface area contributed by atoms with Crippen LogP contribution in [0.1, 0.15) is 296 Å². The average Bonchev–Trinajstić information content (AvgIpc) is 3.28. The molecule has 0 atom stereocenters. The van der Waals surface area contributed by atoms with Gasteiger partial charge < -0.3 is 0 Å². The Labute approximate surface area is 404 Å². The van der Waals surface area contributed by atoms with Crippen LogP contribution in [-0.4, -0.2) is 11.4 Å². The summed E-state index contributed by atoms with van der Waals surface area (Å²) in [6, 6.07) is 18.3. The van der Waals surface area contributed by atoms with Crippen LogP contribution in [-0.2, 0) is 29.3 Å². The second kappa shape index (κ2) is 45.4. The van der Waals surface area contributed by atoms with Crippen molar-refractivity contribution in [2.24, 2.45) is 9.98 Å². The summed E-state index contributed by atoms with van der Waals surface area (Å²) in [5, 5.41) is 0. The minimum absolute atomic E-state index is 0. The first kappa shape index (κ1) is 59.3. The quantitative estimate of drug-likeness (QED) is 0.0359. The first-order valence-electron chi connectivity index (χ1n) is 28.0. The van der Waals surface area contributed by atoms with E-state index in [-0.39, 0.29) is 16.5 Å². The molecular weight excluding hydrogens is 807 g/mol. The normalized spacial score (nSPS) is 12.0. The first-order chi connectivity index (χ1) is 30.7. The zero-order chi connectivity index (χ0) is 44.2. The maximum atomic E-state index is 5.45. The molecule has 2 aromatic rings. The van der Waals surface area contributed by atoms with Crippen LogP contribution in [0.5, 0.6) is 0 Å². The largest absolute Gasteiger partial charge is 0.252 e. The summed E-state index contributed by atoms with van der Waals surface area (Å²) in [6.07, 6.45) is 57.0. The molecule has 0 saturated carbocycles. The predicted octanol–water partition coefficient (Wildman–Crippen LogP) is 21.3. The summed E-state index contributed by atoms with van der Waals surface area (Å²) >= 11 is 0. The van der Waals surface area contributed by atoms with Gasteiger partial charge in [0.1, 0.15) is 0 Å². The fraction of sp³-hybridized carbons (Fsp3) is 0.767. The van der Waals surface area contributed by atoms with E-state index in [0.717, 1.165) is 43.5 Å². The molecule has 0 N–H and O–H groups in total. The summed E-state index contributed by atoms with van der Waals surface area (Å²) < 4.78 is 0. The van der Waals surface area contributed by atoms with Gasteiger partial charge in [0, 0.05) is 16.5 Å². The molecule has 0 aliphatic heterocycles. The molecule has 0 unspecified atom stereocenters.